The molecule has 0 atom stereocenters. The van der Waals surface area contributed by atoms with Crippen molar-refractivity contribution in [2.45, 2.75) is 38.8 Å². The number of thiophene rings is 1. The van der Waals surface area contributed by atoms with Crippen LogP contribution in [0.4, 0.5) is 5.00 Å². The summed E-state index contributed by atoms with van der Waals surface area (Å²) in [6.45, 7) is 0.887. The molecule has 4 aromatic rings. The molecule has 0 aliphatic heterocycles. The van der Waals surface area contributed by atoms with Gasteiger partial charge in [0.15, 0.2) is 0 Å². The lowest BCUT2D eigenvalue weighted by Gasteiger charge is -2.12. The Hall–Kier alpha value is -2.18. The van der Waals surface area contributed by atoms with Crippen LogP contribution in [-0.2, 0) is 26.0 Å². The highest BCUT2D eigenvalue weighted by Crippen LogP contribution is 2.40. The molecule has 2 heterocycles. The Morgan fingerprint density at radius 3 is 2.61 bits per heavy atom. The second-order valence-corrected chi connectivity index (χ2v) is 11.9. The fourth-order valence-electron chi connectivity index (χ4n) is 4.20. The predicted molar refractivity (Wildman–Crippen MR) is 161 cm³/mol. The van der Waals surface area contributed by atoms with Gasteiger partial charge in [0.1, 0.15) is 23.1 Å². The number of ether oxygens (including phenoxy) is 1. The van der Waals surface area contributed by atoms with Gasteiger partial charge in [-0.15, -0.1) is 11.3 Å². The van der Waals surface area contributed by atoms with Crippen LogP contribution in [0.2, 0.25) is 0 Å². The molecule has 8 heteroatoms. The van der Waals surface area contributed by atoms with E-state index in [1.54, 1.807) is 17.6 Å². The minimum absolute atomic E-state index is 0.0910. The molecule has 184 valence electrons. The molecule has 0 spiro atoms. The van der Waals surface area contributed by atoms with Gasteiger partial charge >= 0.3 is 0 Å². The lowest BCUT2D eigenvalue weighted by Crippen LogP contribution is -2.23. The van der Waals surface area contributed by atoms with Crippen LogP contribution in [0.1, 0.15) is 50.5 Å². The van der Waals surface area contributed by atoms with Gasteiger partial charge in [-0.25, -0.2) is 4.99 Å². The maximum Gasteiger partial charge on any atom is 0.255 e. The van der Waals surface area contributed by atoms with Gasteiger partial charge in [-0.05, 0) is 112 Å². The molecule has 1 aliphatic rings. The number of hydrogen-bond donors (Lipinski definition) is 1. The molecule has 0 fully saturated rings. The van der Waals surface area contributed by atoms with Gasteiger partial charge in [-0.2, -0.15) is 0 Å². The first kappa shape index (κ1) is 25.5. The lowest BCUT2D eigenvalue weighted by molar-refractivity contribution is 0.0948. The first-order chi connectivity index (χ1) is 17.6. The summed E-state index contributed by atoms with van der Waals surface area (Å²) in [5.74, 6) is 1.52. The highest BCUT2D eigenvalue weighted by Gasteiger charge is 2.25. The van der Waals surface area contributed by atoms with Gasteiger partial charge in [0, 0.05) is 11.1 Å². The molecular weight excluding hydrogens is 698 g/mol. The van der Waals surface area contributed by atoms with Crippen LogP contribution in [0.15, 0.2) is 70.3 Å². The zero-order valence-corrected chi connectivity index (χ0v) is 24.6. The Balaban J connectivity index is 1.36. The molecule has 36 heavy (non-hydrogen) atoms. The summed E-state index contributed by atoms with van der Waals surface area (Å²) < 4.78 is 13.5. The molecule has 2 aromatic heterocycles. The number of nitrogens with zero attached hydrogens (tertiary/aromatic N) is 1. The van der Waals surface area contributed by atoms with Crippen LogP contribution in [0, 0.1) is 7.14 Å². The van der Waals surface area contributed by atoms with E-state index in [0.29, 0.717) is 18.7 Å². The van der Waals surface area contributed by atoms with Crippen molar-refractivity contribution >= 4 is 73.6 Å². The molecule has 0 bridgehead atoms. The van der Waals surface area contributed by atoms with E-state index in [0.717, 1.165) is 66.0 Å². The van der Waals surface area contributed by atoms with Crippen molar-refractivity contribution in [2.24, 2.45) is 4.99 Å². The van der Waals surface area contributed by atoms with Gasteiger partial charge in [-0.3, -0.25) is 4.79 Å². The van der Waals surface area contributed by atoms with Gasteiger partial charge in [0.05, 0.1) is 25.5 Å². The summed E-state index contributed by atoms with van der Waals surface area (Å²) in [7, 11) is 0. The third-order valence-electron chi connectivity index (χ3n) is 5.96. The van der Waals surface area contributed by atoms with Gasteiger partial charge in [0.2, 0.25) is 0 Å². The normalized spacial score (nSPS) is 13.1. The van der Waals surface area contributed by atoms with Gasteiger partial charge in [-0.1, -0.05) is 30.3 Å². The van der Waals surface area contributed by atoms with Crippen molar-refractivity contribution in [3.63, 3.8) is 0 Å². The smallest absolute Gasteiger partial charge is 0.255 e. The van der Waals surface area contributed by atoms with Crippen LogP contribution in [0.3, 0.4) is 0 Å². The lowest BCUT2D eigenvalue weighted by atomic mass is 9.95. The molecule has 0 saturated carbocycles. The van der Waals surface area contributed by atoms with Gasteiger partial charge < -0.3 is 14.5 Å². The number of carbonyl (C=O) groups is 1. The third-order valence-corrected chi connectivity index (χ3v) is 8.76. The topological polar surface area (TPSA) is 63.8 Å². The second-order valence-electron chi connectivity index (χ2n) is 8.50. The molecule has 1 N–H and O–H groups in total. The zero-order valence-electron chi connectivity index (χ0n) is 19.4. The summed E-state index contributed by atoms with van der Waals surface area (Å²) in [5, 5.41) is 3.78. The SMILES string of the molecule is O=C(NCc1ccco1)c1c(N=Cc2cc(I)c(OCc3ccccc3)c(I)c2)sc2c1CCCC2. The van der Waals surface area contributed by atoms with E-state index < -0.39 is 0 Å². The molecule has 2 aromatic carbocycles. The van der Waals surface area contributed by atoms with Crippen molar-refractivity contribution in [1.82, 2.24) is 5.32 Å². The van der Waals surface area contributed by atoms with Crippen molar-refractivity contribution in [2.75, 3.05) is 0 Å². The standard InChI is InChI=1S/C28H24I2N2O3S/c29-22-13-19(14-23(30)26(22)35-17-18-7-2-1-3-8-18)15-32-28-25(21-10-4-5-11-24(21)36-28)27(33)31-16-20-9-6-12-34-20/h1-3,6-9,12-15H,4-5,10-11,16-17H2,(H,31,33). The fraction of sp³-hybridized carbons (Fsp3) is 0.214. The Morgan fingerprint density at radius 2 is 1.86 bits per heavy atom. The molecular formula is C28H24I2N2O3S. The second kappa shape index (κ2) is 11.9. The largest absolute Gasteiger partial charge is 0.487 e. The highest BCUT2D eigenvalue weighted by atomic mass is 127. The average molecular weight is 722 g/mol. The van der Waals surface area contributed by atoms with Crippen molar-refractivity contribution in [3.8, 4) is 5.75 Å². The van der Waals surface area contributed by atoms with Crippen LogP contribution < -0.4 is 10.1 Å². The molecule has 0 saturated heterocycles. The van der Waals surface area contributed by atoms with E-state index in [2.05, 4.69) is 74.8 Å². The van der Waals surface area contributed by atoms with E-state index in [-0.39, 0.29) is 5.91 Å². The number of carbonyl (C=O) groups excluding carboxylic acids is 1. The van der Waals surface area contributed by atoms with Gasteiger partial charge in [0.25, 0.3) is 5.91 Å². The quantitative estimate of drug-likeness (QED) is 0.150. The Kier molecular flexibility index (Phi) is 8.43. The van der Waals surface area contributed by atoms with Crippen molar-refractivity contribution in [3.05, 3.63) is 101 Å². The summed E-state index contributed by atoms with van der Waals surface area (Å²) >= 11 is 6.26. The van der Waals surface area contributed by atoms with Crippen LogP contribution in [-0.4, -0.2) is 12.1 Å². The predicted octanol–water partition coefficient (Wildman–Crippen LogP) is 7.69. The molecule has 1 aliphatic carbocycles. The Labute approximate surface area is 241 Å². The monoisotopic (exact) mass is 722 g/mol. The molecule has 0 unspecified atom stereocenters. The Morgan fingerprint density at radius 1 is 1.08 bits per heavy atom. The van der Waals surface area contributed by atoms with Crippen LogP contribution in [0.25, 0.3) is 0 Å². The number of nitrogens with one attached hydrogen (secondary N) is 1. The average Bonchev–Trinajstić information content (AvgIpc) is 3.54. The number of amides is 1. The highest BCUT2D eigenvalue weighted by molar-refractivity contribution is 14.1. The maximum absolute atomic E-state index is 13.2. The molecule has 5 rings (SSSR count). The van der Waals surface area contributed by atoms with E-state index >= 15 is 0 Å². The summed E-state index contributed by atoms with van der Waals surface area (Å²) in [6, 6.07) is 18.0. The number of halogens is 2. The number of aryl methyl sites for hydroxylation is 1. The van der Waals surface area contributed by atoms with Crippen molar-refractivity contribution < 1.29 is 13.9 Å². The zero-order chi connectivity index (χ0) is 24.9. The Bertz CT molecular complexity index is 1360. The summed E-state index contributed by atoms with van der Waals surface area (Å²) in [6.07, 6.45) is 7.67. The summed E-state index contributed by atoms with van der Waals surface area (Å²) in [5.41, 5.74) is 3.98. The van der Waals surface area contributed by atoms with E-state index in [1.165, 1.54) is 4.88 Å². The van der Waals surface area contributed by atoms with Crippen LogP contribution >= 0.6 is 56.5 Å². The number of benzene rings is 2. The van der Waals surface area contributed by atoms with Crippen LogP contribution in [0.5, 0.6) is 5.75 Å². The van der Waals surface area contributed by atoms with E-state index in [4.69, 9.17) is 14.1 Å². The molecule has 5 nitrogen and oxygen atoms in total. The molecule has 0 radical (unpaired) electrons. The number of rotatable bonds is 8. The summed E-state index contributed by atoms with van der Waals surface area (Å²) in [4.78, 5) is 19.3. The minimum Gasteiger partial charge on any atom is -0.487 e. The fourth-order valence-corrected chi connectivity index (χ4v) is 7.56. The number of furan rings is 1. The first-order valence-corrected chi connectivity index (χ1v) is 14.7. The number of fused-ring (bicyclic) bond motifs is 1. The maximum atomic E-state index is 13.2. The number of hydrogen-bond acceptors (Lipinski definition) is 5. The van der Waals surface area contributed by atoms with E-state index in [1.807, 2.05) is 36.5 Å². The molecule has 1 amide bonds. The minimum atomic E-state index is -0.0910. The first-order valence-electron chi connectivity index (χ1n) is 11.7. The van der Waals surface area contributed by atoms with Crippen molar-refractivity contribution in [1.29, 1.82) is 0 Å². The number of aliphatic imine (C=N–C) groups is 1. The van der Waals surface area contributed by atoms with E-state index in [9.17, 15) is 4.79 Å². The third kappa shape index (κ3) is 6.03.